The summed E-state index contributed by atoms with van der Waals surface area (Å²) in [7, 11) is 0. The highest BCUT2D eigenvalue weighted by molar-refractivity contribution is 5.54. The van der Waals surface area contributed by atoms with Gasteiger partial charge in [-0.25, -0.2) is 25.8 Å². The van der Waals surface area contributed by atoms with E-state index < -0.39 is 0 Å². The SMILES string of the molecule is NNc1nc(-c2ncccn2)nc2c1CCCCC2. The summed E-state index contributed by atoms with van der Waals surface area (Å²) in [5, 5.41) is 0. The molecule has 0 spiro atoms. The van der Waals surface area contributed by atoms with Crippen LogP contribution in [0.2, 0.25) is 0 Å². The Morgan fingerprint density at radius 3 is 2.53 bits per heavy atom. The molecule has 2 aromatic heterocycles. The fourth-order valence-electron chi connectivity index (χ4n) is 2.40. The van der Waals surface area contributed by atoms with Crippen molar-refractivity contribution < 1.29 is 0 Å². The topological polar surface area (TPSA) is 89.6 Å². The number of hydrogen-bond donors (Lipinski definition) is 2. The molecule has 2 aromatic rings. The first-order valence-corrected chi connectivity index (χ1v) is 6.52. The molecule has 0 aliphatic heterocycles. The standard InChI is InChI=1S/C13H16N6/c14-19-11-9-5-2-1-3-6-10(9)17-13(18-11)12-15-7-4-8-16-12/h4,7-8H,1-3,5-6,14H2,(H,17,18,19). The lowest BCUT2D eigenvalue weighted by Crippen LogP contribution is -2.14. The summed E-state index contributed by atoms with van der Waals surface area (Å²) in [5.74, 6) is 7.36. The Hall–Kier alpha value is -2.08. The van der Waals surface area contributed by atoms with Crippen LogP contribution in [0.25, 0.3) is 11.6 Å². The average molecular weight is 256 g/mol. The van der Waals surface area contributed by atoms with E-state index in [1.54, 1.807) is 18.5 Å². The predicted molar refractivity (Wildman–Crippen MR) is 72.1 cm³/mol. The Labute approximate surface area is 111 Å². The number of aromatic nitrogens is 4. The highest BCUT2D eigenvalue weighted by atomic mass is 15.3. The third kappa shape index (κ3) is 2.39. The number of nitrogens with two attached hydrogens (primary N) is 1. The van der Waals surface area contributed by atoms with Crippen LogP contribution in [-0.4, -0.2) is 19.9 Å². The molecule has 1 aliphatic rings. The molecule has 0 radical (unpaired) electrons. The summed E-state index contributed by atoms with van der Waals surface area (Å²) < 4.78 is 0. The van der Waals surface area contributed by atoms with Crippen molar-refractivity contribution in [1.29, 1.82) is 0 Å². The highest BCUT2D eigenvalue weighted by Crippen LogP contribution is 2.26. The second kappa shape index (κ2) is 5.27. The van der Waals surface area contributed by atoms with Gasteiger partial charge in [-0.2, -0.15) is 0 Å². The third-order valence-corrected chi connectivity index (χ3v) is 3.34. The molecule has 0 bridgehead atoms. The second-order valence-electron chi connectivity index (χ2n) is 4.60. The summed E-state index contributed by atoms with van der Waals surface area (Å²) in [4.78, 5) is 17.4. The zero-order chi connectivity index (χ0) is 13.1. The van der Waals surface area contributed by atoms with Crippen LogP contribution in [0, 0.1) is 0 Å². The molecule has 6 heteroatoms. The van der Waals surface area contributed by atoms with Crippen molar-refractivity contribution in [1.82, 2.24) is 19.9 Å². The molecule has 0 unspecified atom stereocenters. The van der Waals surface area contributed by atoms with Crippen molar-refractivity contribution in [3.8, 4) is 11.6 Å². The van der Waals surface area contributed by atoms with Gasteiger partial charge in [-0.3, -0.25) is 0 Å². The molecule has 0 atom stereocenters. The Balaban J connectivity index is 2.10. The first-order valence-electron chi connectivity index (χ1n) is 6.52. The van der Waals surface area contributed by atoms with Crippen LogP contribution in [0.15, 0.2) is 18.5 Å². The van der Waals surface area contributed by atoms with Crippen molar-refractivity contribution in [3.63, 3.8) is 0 Å². The van der Waals surface area contributed by atoms with Crippen molar-refractivity contribution in [2.75, 3.05) is 5.43 Å². The largest absolute Gasteiger partial charge is 0.308 e. The summed E-state index contributed by atoms with van der Waals surface area (Å²) in [6.45, 7) is 0. The zero-order valence-corrected chi connectivity index (χ0v) is 10.6. The quantitative estimate of drug-likeness (QED) is 0.480. The van der Waals surface area contributed by atoms with Crippen LogP contribution in [0.3, 0.4) is 0 Å². The van der Waals surface area contributed by atoms with E-state index in [-0.39, 0.29) is 0 Å². The smallest absolute Gasteiger partial charge is 0.199 e. The van der Waals surface area contributed by atoms with Crippen molar-refractivity contribution in [3.05, 3.63) is 29.7 Å². The van der Waals surface area contributed by atoms with E-state index in [9.17, 15) is 0 Å². The van der Waals surface area contributed by atoms with E-state index in [4.69, 9.17) is 5.84 Å². The molecule has 3 rings (SSSR count). The van der Waals surface area contributed by atoms with Gasteiger partial charge in [0.2, 0.25) is 0 Å². The first kappa shape index (κ1) is 12.0. The van der Waals surface area contributed by atoms with Crippen molar-refractivity contribution >= 4 is 5.82 Å². The maximum absolute atomic E-state index is 5.59. The van der Waals surface area contributed by atoms with Crippen LogP contribution in [0.5, 0.6) is 0 Å². The molecule has 3 N–H and O–H groups in total. The van der Waals surface area contributed by atoms with Gasteiger partial charge in [0.25, 0.3) is 0 Å². The Kier molecular flexibility index (Phi) is 3.33. The van der Waals surface area contributed by atoms with Gasteiger partial charge in [-0.05, 0) is 31.7 Å². The average Bonchev–Trinajstić information content (AvgIpc) is 2.72. The van der Waals surface area contributed by atoms with Crippen LogP contribution in [0.4, 0.5) is 5.82 Å². The fraction of sp³-hybridized carbons (Fsp3) is 0.385. The minimum absolute atomic E-state index is 0.533. The predicted octanol–water partition coefficient (Wildman–Crippen LogP) is 1.49. The summed E-state index contributed by atoms with van der Waals surface area (Å²) in [5.41, 5.74) is 4.90. The van der Waals surface area contributed by atoms with Gasteiger partial charge < -0.3 is 5.43 Å². The van der Waals surface area contributed by atoms with Gasteiger partial charge in [0.15, 0.2) is 11.6 Å². The minimum atomic E-state index is 0.533. The first-order chi connectivity index (χ1) is 9.38. The van der Waals surface area contributed by atoms with Crippen LogP contribution < -0.4 is 11.3 Å². The number of hydrazine groups is 1. The second-order valence-corrected chi connectivity index (χ2v) is 4.60. The number of fused-ring (bicyclic) bond motifs is 1. The normalized spacial score (nSPS) is 14.6. The van der Waals surface area contributed by atoms with Crippen LogP contribution >= 0.6 is 0 Å². The number of rotatable bonds is 2. The van der Waals surface area contributed by atoms with Gasteiger partial charge >= 0.3 is 0 Å². The number of hydrogen-bond acceptors (Lipinski definition) is 6. The molecule has 0 fully saturated rings. The van der Waals surface area contributed by atoms with E-state index in [1.165, 1.54) is 6.42 Å². The van der Waals surface area contributed by atoms with Crippen molar-refractivity contribution in [2.45, 2.75) is 32.1 Å². The number of nitrogen functional groups attached to an aromatic ring is 1. The zero-order valence-electron chi connectivity index (χ0n) is 10.6. The summed E-state index contributed by atoms with van der Waals surface area (Å²) >= 11 is 0. The monoisotopic (exact) mass is 256 g/mol. The molecule has 0 saturated heterocycles. The summed E-state index contributed by atoms with van der Waals surface area (Å²) in [6, 6.07) is 1.77. The molecule has 0 saturated carbocycles. The number of nitrogens with one attached hydrogen (secondary N) is 1. The van der Waals surface area contributed by atoms with Crippen molar-refractivity contribution in [2.24, 2.45) is 5.84 Å². The number of aryl methyl sites for hydroxylation is 1. The lowest BCUT2D eigenvalue weighted by Gasteiger charge is -2.11. The lowest BCUT2D eigenvalue weighted by molar-refractivity contribution is 0.709. The van der Waals surface area contributed by atoms with Gasteiger partial charge in [0.05, 0.1) is 0 Å². The number of anilines is 1. The molecule has 98 valence electrons. The fourth-order valence-corrected chi connectivity index (χ4v) is 2.40. The molecule has 2 heterocycles. The maximum Gasteiger partial charge on any atom is 0.199 e. The van der Waals surface area contributed by atoms with Gasteiger partial charge in [0.1, 0.15) is 5.82 Å². The maximum atomic E-state index is 5.59. The molecule has 19 heavy (non-hydrogen) atoms. The van der Waals surface area contributed by atoms with Crippen LogP contribution in [-0.2, 0) is 12.8 Å². The van der Waals surface area contributed by atoms with E-state index in [1.807, 2.05) is 0 Å². The molecule has 0 amide bonds. The molecular weight excluding hydrogens is 240 g/mol. The Morgan fingerprint density at radius 1 is 0.947 bits per heavy atom. The molecule has 1 aliphatic carbocycles. The Morgan fingerprint density at radius 2 is 1.74 bits per heavy atom. The number of nitrogens with zero attached hydrogens (tertiary/aromatic N) is 4. The van der Waals surface area contributed by atoms with Gasteiger partial charge in [0, 0.05) is 23.7 Å². The molecule has 0 aromatic carbocycles. The van der Waals surface area contributed by atoms with E-state index >= 15 is 0 Å². The van der Waals surface area contributed by atoms with E-state index in [0.29, 0.717) is 17.5 Å². The van der Waals surface area contributed by atoms with Gasteiger partial charge in [-0.15, -0.1) is 0 Å². The van der Waals surface area contributed by atoms with Crippen LogP contribution in [0.1, 0.15) is 30.5 Å². The molecular formula is C13H16N6. The third-order valence-electron chi connectivity index (χ3n) is 3.34. The van der Waals surface area contributed by atoms with E-state index in [2.05, 4.69) is 25.4 Å². The van der Waals surface area contributed by atoms with E-state index in [0.717, 1.165) is 36.9 Å². The highest BCUT2D eigenvalue weighted by Gasteiger charge is 2.17. The van der Waals surface area contributed by atoms with Gasteiger partial charge in [-0.1, -0.05) is 6.42 Å². The Bertz CT molecular complexity index is 569. The summed E-state index contributed by atoms with van der Waals surface area (Å²) in [6.07, 6.45) is 8.85. The minimum Gasteiger partial charge on any atom is -0.308 e. The molecule has 6 nitrogen and oxygen atoms in total. The lowest BCUT2D eigenvalue weighted by atomic mass is 10.1.